The summed E-state index contributed by atoms with van der Waals surface area (Å²) in [7, 11) is 0. The van der Waals surface area contributed by atoms with Gasteiger partial charge in [-0.2, -0.15) is 4.73 Å². The van der Waals surface area contributed by atoms with Crippen molar-refractivity contribution >= 4 is 5.69 Å². The Kier molecular flexibility index (Phi) is 2.29. The quantitative estimate of drug-likeness (QED) is 0.642. The lowest BCUT2D eigenvalue weighted by atomic mass is 10.1. The van der Waals surface area contributed by atoms with E-state index in [-0.39, 0.29) is 0 Å². The van der Waals surface area contributed by atoms with Crippen LogP contribution < -0.4 is 10.7 Å². The number of anilines is 1. The minimum Gasteiger partial charge on any atom is -0.427 e. The van der Waals surface area contributed by atoms with Crippen LogP contribution in [0.1, 0.15) is 6.92 Å². The van der Waals surface area contributed by atoms with Crippen LogP contribution in [0.2, 0.25) is 0 Å². The van der Waals surface area contributed by atoms with Gasteiger partial charge in [-0.3, -0.25) is 0 Å². The van der Waals surface area contributed by atoms with E-state index in [1.807, 2.05) is 6.92 Å². The van der Waals surface area contributed by atoms with E-state index < -0.39 is 0 Å². The normalized spacial score (nSPS) is 10.5. The summed E-state index contributed by atoms with van der Waals surface area (Å²) < 4.78 is 0.936. The predicted molar refractivity (Wildman–Crippen MR) is 56.1 cm³/mol. The van der Waals surface area contributed by atoms with Crippen molar-refractivity contribution in [2.45, 2.75) is 6.92 Å². The minimum absolute atomic E-state index is 0.350. The molecule has 0 fully saturated rings. The van der Waals surface area contributed by atoms with Crippen molar-refractivity contribution in [1.29, 1.82) is 5.41 Å². The molecule has 0 aromatic heterocycles. The van der Waals surface area contributed by atoms with Gasteiger partial charge in [-0.05, 0) is 19.1 Å². The predicted octanol–water partition coefficient (Wildman–Crippen LogP) is 1.14. The molecule has 1 heterocycles. The van der Waals surface area contributed by atoms with E-state index in [2.05, 4.69) is 10.3 Å². The smallest absolute Gasteiger partial charge is 0.132 e. The molecule has 0 bridgehead atoms. The third-order valence-electron chi connectivity index (χ3n) is 2.19. The fraction of sp³-hybridized carbons (Fsp3) is 0.200. The molecule has 0 spiro atoms. The minimum atomic E-state index is 0.350. The molecule has 5 heteroatoms. The lowest BCUT2D eigenvalue weighted by Crippen LogP contribution is -2.14. The van der Waals surface area contributed by atoms with Crippen LogP contribution in [0.3, 0.4) is 0 Å². The van der Waals surface area contributed by atoms with Gasteiger partial charge in [-0.1, -0.05) is 0 Å². The molecule has 0 aromatic rings. The highest BCUT2D eigenvalue weighted by molar-refractivity contribution is 5.74. The van der Waals surface area contributed by atoms with Crippen molar-refractivity contribution in [2.75, 3.05) is 11.9 Å². The number of benzene rings is 1. The van der Waals surface area contributed by atoms with Crippen LogP contribution >= 0.6 is 0 Å². The molecule has 1 aliphatic carbocycles. The summed E-state index contributed by atoms with van der Waals surface area (Å²) in [6.07, 6.45) is 2.88. The van der Waals surface area contributed by atoms with E-state index in [1.54, 1.807) is 18.3 Å². The number of nitrogens with one attached hydrogen (secondary N) is 2. The van der Waals surface area contributed by atoms with Gasteiger partial charge in [0, 0.05) is 18.3 Å². The Morgan fingerprint density at radius 2 is 2.33 bits per heavy atom. The molecule has 15 heavy (non-hydrogen) atoms. The van der Waals surface area contributed by atoms with Crippen molar-refractivity contribution in [3.63, 3.8) is 0 Å². The summed E-state index contributed by atoms with van der Waals surface area (Å²) in [6.45, 7) is 2.73. The van der Waals surface area contributed by atoms with Crippen LogP contribution in [-0.4, -0.2) is 21.5 Å². The average Bonchev–Trinajstić information content (AvgIpc) is 2.23. The summed E-state index contributed by atoms with van der Waals surface area (Å²) in [5.41, 5.74) is 2.01. The van der Waals surface area contributed by atoms with Crippen molar-refractivity contribution in [3.8, 4) is 11.3 Å². The molecule has 1 aliphatic heterocycles. The Morgan fingerprint density at radius 1 is 1.53 bits per heavy atom. The topological polar surface area (TPSA) is 73.9 Å². The van der Waals surface area contributed by atoms with Gasteiger partial charge in [0.2, 0.25) is 0 Å². The zero-order chi connectivity index (χ0) is 10.8. The molecule has 0 saturated carbocycles. The van der Waals surface area contributed by atoms with Crippen LogP contribution in [0.25, 0.3) is 11.3 Å². The Hall–Kier alpha value is -2.04. The highest BCUT2D eigenvalue weighted by Gasteiger charge is 2.12. The zero-order valence-electron chi connectivity index (χ0n) is 8.36. The molecule has 0 aromatic carbocycles. The summed E-state index contributed by atoms with van der Waals surface area (Å²) >= 11 is 0. The number of hydrogen-bond donors (Lipinski definition) is 3. The first-order valence-corrected chi connectivity index (χ1v) is 4.71. The van der Waals surface area contributed by atoms with Crippen molar-refractivity contribution in [2.24, 2.45) is 0 Å². The average molecular weight is 204 g/mol. The van der Waals surface area contributed by atoms with E-state index in [0.29, 0.717) is 16.6 Å². The first-order valence-electron chi connectivity index (χ1n) is 4.71. The summed E-state index contributed by atoms with van der Waals surface area (Å²) in [6, 6.07) is 3.46. The second-order valence-electron chi connectivity index (χ2n) is 3.19. The maximum absolute atomic E-state index is 9.63. The van der Waals surface area contributed by atoms with Crippen molar-refractivity contribution in [3.05, 3.63) is 30.0 Å². The standard InChI is InChI=1S/C10H12N4O/c1-2-13-9-4-3-8(11)7-5-12-6-14(15)10(7)9/h3-6,11,13,15H,2H2,1H3. The molecule has 2 rings (SSSR count). The van der Waals surface area contributed by atoms with Gasteiger partial charge in [0.15, 0.2) is 0 Å². The second-order valence-corrected chi connectivity index (χ2v) is 3.19. The second kappa shape index (κ2) is 3.61. The number of rotatable bonds is 2. The SMILES string of the molecule is CCNc1ccc(=N)c2cncn(O)c1-2. The van der Waals surface area contributed by atoms with Crippen LogP contribution in [0.5, 0.6) is 0 Å². The molecule has 3 N–H and O–H groups in total. The van der Waals surface area contributed by atoms with Gasteiger partial charge < -0.3 is 15.9 Å². The van der Waals surface area contributed by atoms with E-state index >= 15 is 0 Å². The maximum atomic E-state index is 9.63. The molecule has 0 saturated heterocycles. The molecule has 0 amide bonds. The van der Waals surface area contributed by atoms with Gasteiger partial charge in [-0.25, -0.2) is 4.98 Å². The summed E-state index contributed by atoms with van der Waals surface area (Å²) in [4.78, 5) is 3.84. The number of hydrogen-bond acceptors (Lipinski definition) is 4. The fourth-order valence-electron chi connectivity index (χ4n) is 1.55. The third kappa shape index (κ3) is 1.52. The number of aromatic nitrogens is 2. The molecule has 0 atom stereocenters. The fourth-order valence-corrected chi connectivity index (χ4v) is 1.55. The van der Waals surface area contributed by atoms with E-state index in [4.69, 9.17) is 5.41 Å². The molecule has 0 unspecified atom stereocenters. The number of fused-ring (bicyclic) bond motifs is 1. The van der Waals surface area contributed by atoms with Gasteiger partial charge in [0.25, 0.3) is 0 Å². The van der Waals surface area contributed by atoms with Crippen LogP contribution in [0.4, 0.5) is 5.69 Å². The largest absolute Gasteiger partial charge is 0.427 e. The third-order valence-corrected chi connectivity index (χ3v) is 2.19. The van der Waals surface area contributed by atoms with Crippen LogP contribution in [0, 0.1) is 5.41 Å². The van der Waals surface area contributed by atoms with E-state index in [9.17, 15) is 5.21 Å². The number of nitrogens with zero attached hydrogens (tertiary/aromatic N) is 2. The lowest BCUT2D eigenvalue weighted by Gasteiger charge is -2.14. The molecule has 78 valence electrons. The first-order chi connectivity index (χ1) is 7.24. The molecular formula is C10H12N4O. The molecular weight excluding hydrogens is 192 g/mol. The molecule has 2 aliphatic rings. The summed E-state index contributed by atoms with van der Waals surface area (Å²) in [5.74, 6) is 0. The van der Waals surface area contributed by atoms with Gasteiger partial charge in [-0.15, -0.1) is 0 Å². The highest BCUT2D eigenvalue weighted by atomic mass is 16.5. The molecule has 5 nitrogen and oxygen atoms in total. The van der Waals surface area contributed by atoms with Crippen molar-refractivity contribution in [1.82, 2.24) is 9.71 Å². The van der Waals surface area contributed by atoms with Crippen LogP contribution in [-0.2, 0) is 0 Å². The van der Waals surface area contributed by atoms with E-state index in [1.165, 1.54) is 6.33 Å². The van der Waals surface area contributed by atoms with Gasteiger partial charge in [0.05, 0.1) is 11.0 Å². The van der Waals surface area contributed by atoms with Crippen LogP contribution in [0.15, 0.2) is 24.7 Å². The Balaban J connectivity index is 2.75. The maximum Gasteiger partial charge on any atom is 0.132 e. The Morgan fingerprint density at radius 3 is 3.07 bits per heavy atom. The highest BCUT2D eigenvalue weighted by Crippen LogP contribution is 2.24. The van der Waals surface area contributed by atoms with Gasteiger partial charge >= 0.3 is 0 Å². The lowest BCUT2D eigenvalue weighted by molar-refractivity contribution is 0.185. The zero-order valence-corrected chi connectivity index (χ0v) is 8.36. The molecule has 0 radical (unpaired) electrons. The monoisotopic (exact) mass is 204 g/mol. The first kappa shape index (κ1) is 9.51. The van der Waals surface area contributed by atoms with Crippen molar-refractivity contribution < 1.29 is 5.21 Å². The Labute approximate surface area is 86.8 Å². The van der Waals surface area contributed by atoms with E-state index in [0.717, 1.165) is 17.0 Å². The Bertz CT molecular complexity index is 505. The summed E-state index contributed by atoms with van der Waals surface area (Å²) in [5, 5.41) is 20.8. The van der Waals surface area contributed by atoms with Gasteiger partial charge in [0.1, 0.15) is 12.0 Å².